The van der Waals surface area contributed by atoms with Crippen molar-refractivity contribution in [3.8, 4) is 5.75 Å². The number of rotatable bonds is 4. The van der Waals surface area contributed by atoms with Gasteiger partial charge in [0.2, 0.25) is 0 Å². The first-order valence-electron chi connectivity index (χ1n) is 6.45. The van der Waals surface area contributed by atoms with Gasteiger partial charge in [-0.1, -0.05) is 6.07 Å². The molecule has 1 aromatic rings. The highest BCUT2D eigenvalue weighted by Crippen LogP contribution is 2.54. The monoisotopic (exact) mass is 342 g/mol. The van der Waals surface area contributed by atoms with Crippen LogP contribution in [0.3, 0.4) is 0 Å². The molecule has 9 heteroatoms. The first-order chi connectivity index (χ1) is 10.5. The summed E-state index contributed by atoms with van der Waals surface area (Å²) in [6.07, 6.45) is -6.35. The Kier molecular flexibility index (Phi) is 4.25. The van der Waals surface area contributed by atoms with E-state index in [0.717, 1.165) is 25.3 Å². The van der Waals surface area contributed by atoms with Crippen LogP contribution in [0.15, 0.2) is 18.2 Å². The minimum absolute atomic E-state index is 0.0906. The highest BCUT2D eigenvalue weighted by Gasteiger charge is 2.62. The van der Waals surface area contributed by atoms with Crippen molar-refractivity contribution in [2.24, 2.45) is 0 Å². The second-order valence-corrected chi connectivity index (χ2v) is 5.33. The van der Waals surface area contributed by atoms with Crippen molar-refractivity contribution in [2.45, 2.75) is 30.4 Å². The van der Waals surface area contributed by atoms with Gasteiger partial charge < -0.3 is 9.47 Å². The van der Waals surface area contributed by atoms with Gasteiger partial charge in [-0.05, 0) is 17.7 Å². The Balaban J connectivity index is 2.26. The number of hydrogen-bond donors (Lipinski definition) is 0. The molecule has 0 bridgehead atoms. The van der Waals surface area contributed by atoms with Gasteiger partial charge in [-0.15, -0.1) is 0 Å². The number of ether oxygens (including phenoxy) is 2. The topological polar surface area (TPSA) is 35.5 Å². The summed E-state index contributed by atoms with van der Waals surface area (Å²) in [5.74, 6) is -5.90. The Bertz CT molecular complexity index is 603. The van der Waals surface area contributed by atoms with Crippen LogP contribution in [0.4, 0.5) is 26.3 Å². The maximum Gasteiger partial charge on any atom is 0.422 e. The van der Waals surface area contributed by atoms with Gasteiger partial charge in [-0.3, -0.25) is 4.79 Å². The van der Waals surface area contributed by atoms with Crippen LogP contribution in [0.1, 0.15) is 18.4 Å². The second-order valence-electron chi connectivity index (χ2n) is 5.33. The van der Waals surface area contributed by atoms with E-state index in [2.05, 4.69) is 9.47 Å². The first kappa shape index (κ1) is 17.4. The molecule has 23 heavy (non-hydrogen) atoms. The van der Waals surface area contributed by atoms with E-state index in [9.17, 15) is 31.1 Å². The van der Waals surface area contributed by atoms with Gasteiger partial charge in [-0.25, -0.2) is 13.2 Å². The maximum atomic E-state index is 13.8. The van der Waals surface area contributed by atoms with Crippen molar-refractivity contribution in [1.29, 1.82) is 0 Å². The highest BCUT2D eigenvalue weighted by molar-refractivity contribution is 5.85. The molecule has 0 heterocycles. The molecule has 0 aromatic heterocycles. The van der Waals surface area contributed by atoms with E-state index in [1.54, 1.807) is 0 Å². The average Bonchev–Trinajstić information content (AvgIpc) is 2.41. The van der Waals surface area contributed by atoms with Gasteiger partial charge in [0.15, 0.2) is 18.2 Å². The van der Waals surface area contributed by atoms with Crippen LogP contribution >= 0.6 is 0 Å². The van der Waals surface area contributed by atoms with E-state index in [-0.39, 0.29) is 5.56 Å². The highest BCUT2D eigenvalue weighted by atomic mass is 19.4. The molecule has 0 N–H and O–H groups in total. The molecule has 1 saturated carbocycles. The summed E-state index contributed by atoms with van der Waals surface area (Å²) in [4.78, 5) is 11.8. The predicted octanol–water partition coefficient (Wildman–Crippen LogP) is 3.61. The van der Waals surface area contributed by atoms with Crippen molar-refractivity contribution >= 4 is 5.97 Å². The number of halogens is 6. The summed E-state index contributed by atoms with van der Waals surface area (Å²) in [7, 11) is 1.01. The smallest absolute Gasteiger partial charge is 0.422 e. The SMILES string of the molecule is COC(=O)C1(c2ccc(OCC(F)(F)F)c(F)c2)CC(F)(F)C1. The Morgan fingerprint density at radius 2 is 1.87 bits per heavy atom. The van der Waals surface area contributed by atoms with Crippen LogP contribution in [0.2, 0.25) is 0 Å². The number of methoxy groups -OCH3 is 1. The number of carbonyl (C=O) groups excluding carboxylic acids is 1. The first-order valence-corrected chi connectivity index (χ1v) is 6.45. The standard InChI is InChI=1S/C14H12F6O3/c1-22-11(21)12(5-13(16,17)6-12)8-2-3-10(9(15)4-8)23-7-14(18,19)20/h2-4H,5-7H2,1H3. The van der Waals surface area contributed by atoms with E-state index in [1.807, 2.05) is 0 Å². The second kappa shape index (κ2) is 5.61. The minimum atomic E-state index is -4.64. The van der Waals surface area contributed by atoms with Gasteiger partial charge in [0.05, 0.1) is 7.11 Å². The third kappa shape index (κ3) is 3.53. The number of benzene rings is 1. The molecular formula is C14H12F6O3. The Labute approximate surface area is 127 Å². The molecule has 0 aliphatic heterocycles. The lowest BCUT2D eigenvalue weighted by atomic mass is 9.62. The molecule has 0 radical (unpaired) electrons. The van der Waals surface area contributed by atoms with Crippen LogP contribution in [0, 0.1) is 5.82 Å². The summed E-state index contributed by atoms with van der Waals surface area (Å²) in [6.45, 7) is -1.69. The Morgan fingerprint density at radius 1 is 1.26 bits per heavy atom. The normalized spacial score (nSPS) is 18.9. The molecule has 0 spiro atoms. The molecule has 0 saturated heterocycles. The largest absolute Gasteiger partial charge is 0.481 e. The fraction of sp³-hybridized carbons (Fsp3) is 0.500. The van der Waals surface area contributed by atoms with Crippen molar-refractivity contribution in [3.63, 3.8) is 0 Å². The lowest BCUT2D eigenvalue weighted by Gasteiger charge is -2.45. The van der Waals surface area contributed by atoms with E-state index in [4.69, 9.17) is 0 Å². The van der Waals surface area contributed by atoms with Crippen molar-refractivity contribution in [3.05, 3.63) is 29.6 Å². The zero-order valence-electron chi connectivity index (χ0n) is 11.8. The lowest BCUT2D eigenvalue weighted by molar-refractivity contribution is -0.177. The van der Waals surface area contributed by atoms with Crippen molar-refractivity contribution < 1.29 is 40.6 Å². The van der Waals surface area contributed by atoms with E-state index >= 15 is 0 Å². The lowest BCUT2D eigenvalue weighted by Crippen LogP contribution is -2.55. The molecule has 128 valence electrons. The molecule has 0 amide bonds. The Hall–Kier alpha value is -1.93. The average molecular weight is 342 g/mol. The fourth-order valence-corrected chi connectivity index (χ4v) is 2.57. The Morgan fingerprint density at radius 3 is 2.30 bits per heavy atom. The molecule has 0 unspecified atom stereocenters. The molecule has 1 fully saturated rings. The van der Waals surface area contributed by atoms with Gasteiger partial charge in [-0.2, -0.15) is 13.2 Å². The number of esters is 1. The minimum Gasteiger partial charge on any atom is -0.481 e. The molecule has 1 aliphatic carbocycles. The quantitative estimate of drug-likeness (QED) is 0.619. The predicted molar refractivity (Wildman–Crippen MR) is 65.8 cm³/mol. The van der Waals surface area contributed by atoms with Crippen LogP contribution < -0.4 is 4.74 Å². The molecule has 1 aromatic carbocycles. The number of carbonyl (C=O) groups is 1. The zero-order valence-corrected chi connectivity index (χ0v) is 11.8. The van der Waals surface area contributed by atoms with Gasteiger partial charge in [0.1, 0.15) is 5.41 Å². The third-order valence-corrected chi connectivity index (χ3v) is 3.57. The van der Waals surface area contributed by atoms with Gasteiger partial charge in [0, 0.05) is 12.8 Å². The summed E-state index contributed by atoms with van der Waals surface area (Å²) in [5, 5.41) is 0. The molecule has 2 rings (SSSR count). The van der Waals surface area contributed by atoms with Crippen LogP contribution in [-0.4, -0.2) is 31.8 Å². The van der Waals surface area contributed by atoms with Gasteiger partial charge in [0.25, 0.3) is 5.92 Å². The van der Waals surface area contributed by atoms with Crippen molar-refractivity contribution in [2.75, 3.05) is 13.7 Å². The molecule has 1 aliphatic rings. The van der Waals surface area contributed by atoms with E-state index in [1.165, 1.54) is 0 Å². The van der Waals surface area contributed by atoms with Gasteiger partial charge >= 0.3 is 12.1 Å². The molecule has 0 atom stereocenters. The molecular weight excluding hydrogens is 330 g/mol. The third-order valence-electron chi connectivity index (χ3n) is 3.57. The summed E-state index contributed by atoms with van der Waals surface area (Å²) in [5.41, 5.74) is -1.80. The maximum absolute atomic E-state index is 13.8. The molecule has 3 nitrogen and oxygen atoms in total. The van der Waals surface area contributed by atoms with E-state index in [0.29, 0.717) is 0 Å². The summed E-state index contributed by atoms with van der Waals surface area (Å²) >= 11 is 0. The number of alkyl halides is 5. The summed E-state index contributed by atoms with van der Waals surface area (Å²) in [6, 6.07) is 2.68. The van der Waals surface area contributed by atoms with E-state index < -0.39 is 54.5 Å². The zero-order chi connectivity index (χ0) is 17.5. The van der Waals surface area contributed by atoms with Crippen LogP contribution in [0.25, 0.3) is 0 Å². The van der Waals surface area contributed by atoms with Crippen LogP contribution in [0.5, 0.6) is 5.75 Å². The van der Waals surface area contributed by atoms with Crippen LogP contribution in [-0.2, 0) is 14.9 Å². The van der Waals surface area contributed by atoms with Crippen molar-refractivity contribution in [1.82, 2.24) is 0 Å². The number of hydrogen-bond acceptors (Lipinski definition) is 3. The summed E-state index contributed by atoms with van der Waals surface area (Å²) < 4.78 is 85.2. The fourth-order valence-electron chi connectivity index (χ4n) is 2.57.